The fraction of sp³-hybridized carbons (Fsp3) is 0.312. The largest absolute Gasteiger partial charge is 0.444 e. The second kappa shape index (κ2) is 6.57. The SMILES string of the molecule is OC1N(Cc2ccnc(F)c2)c2cccc([C@H](O)C(F)(F)F)c2OC1(F)F. The molecule has 2 atom stereocenters. The molecule has 3 rings (SSSR count). The average Bonchev–Trinajstić information content (AvgIpc) is 2.57. The number of para-hydroxylation sites is 1. The number of aliphatic hydroxyl groups excluding tert-OH is 2. The molecule has 1 aromatic carbocycles. The fourth-order valence-corrected chi connectivity index (χ4v) is 2.68. The van der Waals surface area contributed by atoms with Gasteiger partial charge in [-0.05, 0) is 23.8 Å². The Hall–Kier alpha value is -2.53. The van der Waals surface area contributed by atoms with Crippen LogP contribution >= 0.6 is 0 Å². The van der Waals surface area contributed by atoms with E-state index in [2.05, 4.69) is 9.72 Å². The van der Waals surface area contributed by atoms with Crippen LogP contribution in [0.15, 0.2) is 36.5 Å². The van der Waals surface area contributed by atoms with Crippen molar-refractivity contribution in [3.8, 4) is 5.75 Å². The Morgan fingerprint density at radius 3 is 2.59 bits per heavy atom. The van der Waals surface area contributed by atoms with Gasteiger partial charge < -0.3 is 19.8 Å². The molecule has 1 aliphatic heterocycles. The number of hydrogen-bond donors (Lipinski definition) is 2. The molecule has 2 aromatic rings. The monoisotopic (exact) mass is 394 g/mol. The molecule has 0 saturated carbocycles. The number of pyridine rings is 1. The minimum Gasteiger partial charge on any atom is -0.427 e. The molecule has 2 N–H and O–H groups in total. The highest BCUT2D eigenvalue weighted by Gasteiger charge is 2.52. The summed E-state index contributed by atoms with van der Waals surface area (Å²) in [4.78, 5) is 3.96. The number of aromatic nitrogens is 1. The van der Waals surface area contributed by atoms with E-state index in [0.717, 1.165) is 30.5 Å². The number of nitrogens with zero attached hydrogens (tertiary/aromatic N) is 2. The van der Waals surface area contributed by atoms with Crippen molar-refractivity contribution in [3.63, 3.8) is 0 Å². The standard InChI is InChI=1S/C16H12F6N2O3/c17-11-6-8(4-5-23-11)7-24-10-3-1-2-9(13(25)15(18,19)20)12(10)27-16(21,22)14(24)26/h1-6,13-14,25-26H,7H2/t13-,14?/m0/s1. The predicted octanol–water partition coefficient (Wildman–Crippen LogP) is 3.13. The number of hydrogen-bond acceptors (Lipinski definition) is 5. The average molecular weight is 394 g/mol. The maximum absolute atomic E-state index is 14.1. The summed E-state index contributed by atoms with van der Waals surface area (Å²) in [5.74, 6) is -1.82. The molecule has 0 saturated heterocycles. The number of fused-ring (bicyclic) bond motifs is 1. The van der Waals surface area contributed by atoms with Crippen molar-refractivity contribution in [2.45, 2.75) is 31.2 Å². The van der Waals surface area contributed by atoms with Crippen LogP contribution in [0.25, 0.3) is 0 Å². The lowest BCUT2D eigenvalue weighted by molar-refractivity contribution is -0.248. The quantitative estimate of drug-likeness (QED) is 0.619. The number of halogens is 6. The highest BCUT2D eigenvalue weighted by Crippen LogP contribution is 2.48. The first kappa shape index (κ1) is 19.2. The van der Waals surface area contributed by atoms with E-state index in [4.69, 9.17) is 0 Å². The molecule has 0 fully saturated rings. The molecule has 5 nitrogen and oxygen atoms in total. The van der Waals surface area contributed by atoms with Crippen molar-refractivity contribution in [2.75, 3.05) is 4.90 Å². The molecule has 0 bridgehead atoms. The zero-order valence-corrected chi connectivity index (χ0v) is 13.3. The van der Waals surface area contributed by atoms with Crippen LogP contribution in [0.1, 0.15) is 17.2 Å². The van der Waals surface area contributed by atoms with Crippen LogP contribution < -0.4 is 9.64 Å². The van der Waals surface area contributed by atoms with Crippen molar-refractivity contribution in [2.24, 2.45) is 0 Å². The molecule has 1 unspecified atom stereocenters. The van der Waals surface area contributed by atoms with Gasteiger partial charge in [0, 0.05) is 18.3 Å². The molecule has 1 aliphatic rings. The van der Waals surface area contributed by atoms with Gasteiger partial charge >= 0.3 is 12.3 Å². The molecule has 0 radical (unpaired) electrons. The van der Waals surface area contributed by atoms with E-state index in [9.17, 15) is 36.6 Å². The summed E-state index contributed by atoms with van der Waals surface area (Å²) in [5, 5.41) is 19.4. The molecular formula is C16H12F6N2O3. The smallest absolute Gasteiger partial charge is 0.427 e. The number of benzene rings is 1. The number of rotatable bonds is 3. The van der Waals surface area contributed by atoms with E-state index < -0.39 is 48.4 Å². The Balaban J connectivity index is 2.09. The topological polar surface area (TPSA) is 65.8 Å². The van der Waals surface area contributed by atoms with E-state index in [1.54, 1.807) is 0 Å². The molecule has 2 heterocycles. The van der Waals surface area contributed by atoms with Crippen LogP contribution in [0.2, 0.25) is 0 Å². The third-order valence-electron chi connectivity index (χ3n) is 3.92. The Labute approximate surface area is 148 Å². The number of anilines is 1. The first-order valence-electron chi connectivity index (χ1n) is 7.50. The highest BCUT2D eigenvalue weighted by atomic mass is 19.4. The number of aliphatic hydroxyl groups is 2. The van der Waals surface area contributed by atoms with Crippen LogP contribution in [0.3, 0.4) is 0 Å². The van der Waals surface area contributed by atoms with Crippen LogP contribution in [-0.2, 0) is 6.54 Å². The van der Waals surface area contributed by atoms with Crippen molar-refractivity contribution in [1.82, 2.24) is 4.98 Å². The van der Waals surface area contributed by atoms with Gasteiger partial charge in [0.05, 0.1) is 5.69 Å². The van der Waals surface area contributed by atoms with Crippen molar-refractivity contribution >= 4 is 5.69 Å². The molecule has 0 amide bonds. The first-order chi connectivity index (χ1) is 12.5. The van der Waals surface area contributed by atoms with E-state index in [-0.39, 0.29) is 11.3 Å². The lowest BCUT2D eigenvalue weighted by atomic mass is 10.0. The fourth-order valence-electron chi connectivity index (χ4n) is 2.68. The lowest BCUT2D eigenvalue weighted by Gasteiger charge is -2.40. The zero-order chi connectivity index (χ0) is 20.0. The van der Waals surface area contributed by atoms with Gasteiger partial charge in [0.2, 0.25) is 12.2 Å². The first-order valence-corrected chi connectivity index (χ1v) is 7.50. The Bertz CT molecular complexity index is 845. The Morgan fingerprint density at radius 2 is 1.96 bits per heavy atom. The summed E-state index contributed by atoms with van der Waals surface area (Å²) in [7, 11) is 0. The lowest BCUT2D eigenvalue weighted by Crippen LogP contribution is -2.54. The predicted molar refractivity (Wildman–Crippen MR) is 79.4 cm³/mol. The third-order valence-corrected chi connectivity index (χ3v) is 3.92. The summed E-state index contributed by atoms with van der Waals surface area (Å²) in [5.41, 5.74) is -1.11. The number of alkyl halides is 5. The van der Waals surface area contributed by atoms with Crippen LogP contribution in [0.4, 0.5) is 32.0 Å². The normalized spacial score (nSPS) is 20.0. The van der Waals surface area contributed by atoms with Crippen molar-refractivity contribution < 1.29 is 41.3 Å². The van der Waals surface area contributed by atoms with Crippen LogP contribution in [-0.4, -0.2) is 33.7 Å². The third kappa shape index (κ3) is 3.65. The Morgan fingerprint density at radius 1 is 1.26 bits per heavy atom. The summed E-state index contributed by atoms with van der Waals surface area (Å²) in [6, 6.07) is 5.22. The summed E-state index contributed by atoms with van der Waals surface area (Å²) in [6.07, 6.45) is -14.0. The van der Waals surface area contributed by atoms with E-state index in [0.29, 0.717) is 4.90 Å². The zero-order valence-electron chi connectivity index (χ0n) is 13.3. The van der Waals surface area contributed by atoms with E-state index in [1.807, 2.05) is 0 Å². The van der Waals surface area contributed by atoms with Crippen LogP contribution in [0.5, 0.6) is 5.75 Å². The highest BCUT2D eigenvalue weighted by molar-refractivity contribution is 5.65. The van der Waals surface area contributed by atoms with Gasteiger partial charge in [-0.25, -0.2) is 4.98 Å². The van der Waals surface area contributed by atoms with Gasteiger partial charge in [-0.1, -0.05) is 12.1 Å². The van der Waals surface area contributed by atoms with Gasteiger partial charge in [0.25, 0.3) is 0 Å². The van der Waals surface area contributed by atoms with Crippen molar-refractivity contribution in [1.29, 1.82) is 0 Å². The van der Waals surface area contributed by atoms with Gasteiger partial charge in [0.1, 0.15) is 0 Å². The minimum atomic E-state index is -5.12. The second-order valence-electron chi connectivity index (χ2n) is 5.79. The molecule has 146 valence electrons. The summed E-state index contributed by atoms with van der Waals surface area (Å²) in [6.45, 7) is -0.474. The van der Waals surface area contributed by atoms with Gasteiger partial charge in [-0.2, -0.15) is 26.3 Å². The Kier molecular flexibility index (Phi) is 4.68. The van der Waals surface area contributed by atoms with Crippen LogP contribution in [0, 0.1) is 5.95 Å². The summed E-state index contributed by atoms with van der Waals surface area (Å²) < 4.78 is 84.3. The molecule has 1 aromatic heterocycles. The molecule has 0 spiro atoms. The molecule has 11 heteroatoms. The van der Waals surface area contributed by atoms with Gasteiger partial charge in [-0.3, -0.25) is 0 Å². The maximum Gasteiger partial charge on any atom is 0.444 e. The molecule has 0 aliphatic carbocycles. The van der Waals surface area contributed by atoms with Gasteiger partial charge in [-0.15, -0.1) is 0 Å². The van der Waals surface area contributed by atoms with Crippen molar-refractivity contribution in [3.05, 3.63) is 53.6 Å². The van der Waals surface area contributed by atoms with E-state index in [1.165, 1.54) is 6.07 Å². The maximum atomic E-state index is 14.1. The van der Waals surface area contributed by atoms with E-state index >= 15 is 0 Å². The number of ether oxygens (including phenoxy) is 1. The minimum absolute atomic E-state index is 0.131. The molecule has 27 heavy (non-hydrogen) atoms. The summed E-state index contributed by atoms with van der Waals surface area (Å²) >= 11 is 0. The second-order valence-corrected chi connectivity index (χ2v) is 5.79. The molecular weight excluding hydrogens is 382 g/mol. The van der Waals surface area contributed by atoms with Gasteiger partial charge in [0.15, 0.2) is 11.9 Å².